The van der Waals surface area contributed by atoms with Gasteiger partial charge >= 0.3 is 0 Å². The molecule has 0 atom stereocenters. The molecule has 1 aliphatic heterocycles. The molecule has 1 aliphatic rings. The third kappa shape index (κ3) is 2.71. The lowest BCUT2D eigenvalue weighted by atomic mass is 10.2. The summed E-state index contributed by atoms with van der Waals surface area (Å²) in [6.45, 7) is 0.738. The number of rotatable bonds is 4. The standard InChI is InChI=1S/C14H15N3O2S/c18-20(19,7-6-12-4-2-1-3-5-12)17-9-13-8-15-11-16-14(13)10-17/h1-5,8,11H,6-7,9-10H2. The number of benzene rings is 1. The molecule has 2 aromatic rings. The zero-order valence-electron chi connectivity index (χ0n) is 10.9. The van der Waals surface area contributed by atoms with Crippen molar-refractivity contribution in [2.45, 2.75) is 19.5 Å². The quantitative estimate of drug-likeness (QED) is 0.852. The summed E-state index contributed by atoms with van der Waals surface area (Å²) in [5.41, 5.74) is 2.74. The molecule has 5 nitrogen and oxygen atoms in total. The van der Waals surface area contributed by atoms with E-state index in [1.807, 2.05) is 30.3 Å². The van der Waals surface area contributed by atoms with Crippen LogP contribution in [0.25, 0.3) is 0 Å². The average Bonchev–Trinajstić information content (AvgIpc) is 2.91. The van der Waals surface area contributed by atoms with Crippen molar-refractivity contribution in [3.63, 3.8) is 0 Å². The molecule has 1 aromatic carbocycles. The molecule has 0 saturated heterocycles. The van der Waals surface area contributed by atoms with Crippen LogP contribution < -0.4 is 0 Å². The summed E-state index contributed by atoms with van der Waals surface area (Å²) >= 11 is 0. The van der Waals surface area contributed by atoms with E-state index < -0.39 is 10.0 Å². The fourth-order valence-corrected chi connectivity index (χ4v) is 3.70. The number of sulfonamides is 1. The number of aromatic nitrogens is 2. The summed E-state index contributed by atoms with van der Waals surface area (Å²) in [4.78, 5) is 8.06. The van der Waals surface area contributed by atoms with Crippen LogP contribution in [0.15, 0.2) is 42.9 Å². The molecule has 104 valence electrons. The highest BCUT2D eigenvalue weighted by molar-refractivity contribution is 7.89. The molecule has 20 heavy (non-hydrogen) atoms. The second-order valence-corrected chi connectivity index (χ2v) is 6.90. The summed E-state index contributed by atoms with van der Waals surface area (Å²) in [6.07, 6.45) is 3.68. The number of fused-ring (bicyclic) bond motifs is 1. The predicted molar refractivity (Wildman–Crippen MR) is 75.2 cm³/mol. The minimum absolute atomic E-state index is 0.123. The Morgan fingerprint density at radius 1 is 1.15 bits per heavy atom. The highest BCUT2D eigenvalue weighted by Gasteiger charge is 2.29. The molecule has 0 radical (unpaired) electrons. The Kier molecular flexibility index (Phi) is 3.50. The first-order chi connectivity index (χ1) is 9.65. The normalized spacial score (nSPS) is 15.2. The molecule has 0 amide bonds. The SMILES string of the molecule is O=S(=O)(CCc1ccccc1)N1Cc2cncnc2C1. The van der Waals surface area contributed by atoms with Crippen molar-refractivity contribution in [3.05, 3.63) is 59.7 Å². The average molecular weight is 289 g/mol. The Hall–Kier alpha value is -1.79. The molecule has 6 heteroatoms. The van der Waals surface area contributed by atoms with Gasteiger partial charge in [0.1, 0.15) is 6.33 Å². The van der Waals surface area contributed by atoms with Crippen LogP contribution in [-0.4, -0.2) is 28.4 Å². The van der Waals surface area contributed by atoms with E-state index in [4.69, 9.17) is 0 Å². The van der Waals surface area contributed by atoms with Gasteiger partial charge in [0.15, 0.2) is 0 Å². The Balaban J connectivity index is 1.68. The van der Waals surface area contributed by atoms with Gasteiger partial charge in [-0.2, -0.15) is 4.31 Å². The fraction of sp³-hybridized carbons (Fsp3) is 0.286. The lowest BCUT2D eigenvalue weighted by Crippen LogP contribution is -2.29. The van der Waals surface area contributed by atoms with Crippen LogP contribution in [0.4, 0.5) is 0 Å². The van der Waals surface area contributed by atoms with Crippen LogP contribution in [0.2, 0.25) is 0 Å². The Morgan fingerprint density at radius 2 is 1.95 bits per heavy atom. The molecular formula is C14H15N3O2S. The monoisotopic (exact) mass is 289 g/mol. The topological polar surface area (TPSA) is 63.2 Å². The molecule has 0 unspecified atom stereocenters. The minimum Gasteiger partial charge on any atom is -0.244 e. The Bertz CT molecular complexity index is 676. The predicted octanol–water partition coefficient (Wildman–Crippen LogP) is 1.36. The number of hydrogen-bond acceptors (Lipinski definition) is 4. The molecule has 0 bridgehead atoms. The smallest absolute Gasteiger partial charge is 0.215 e. The molecule has 3 rings (SSSR count). The summed E-state index contributed by atoms with van der Waals surface area (Å²) in [5.74, 6) is 0.123. The van der Waals surface area contributed by atoms with Crippen molar-refractivity contribution < 1.29 is 8.42 Å². The third-order valence-corrected chi connectivity index (χ3v) is 5.20. The van der Waals surface area contributed by atoms with Gasteiger partial charge in [0.05, 0.1) is 18.0 Å². The van der Waals surface area contributed by atoms with Gasteiger partial charge in [-0.3, -0.25) is 0 Å². The molecule has 0 saturated carbocycles. The van der Waals surface area contributed by atoms with Crippen LogP contribution in [0.5, 0.6) is 0 Å². The molecular weight excluding hydrogens is 274 g/mol. The molecule has 0 spiro atoms. The van der Waals surface area contributed by atoms with E-state index in [1.165, 1.54) is 10.6 Å². The van der Waals surface area contributed by atoms with Crippen LogP contribution in [0.1, 0.15) is 16.8 Å². The summed E-state index contributed by atoms with van der Waals surface area (Å²) in [7, 11) is -3.26. The van der Waals surface area contributed by atoms with Gasteiger partial charge in [0.2, 0.25) is 10.0 Å². The zero-order valence-corrected chi connectivity index (χ0v) is 11.8. The van der Waals surface area contributed by atoms with Crippen molar-refractivity contribution in [2.75, 3.05) is 5.75 Å². The van der Waals surface area contributed by atoms with E-state index >= 15 is 0 Å². The highest BCUT2D eigenvalue weighted by atomic mass is 32.2. The lowest BCUT2D eigenvalue weighted by molar-refractivity contribution is 0.429. The Morgan fingerprint density at radius 3 is 2.70 bits per heavy atom. The van der Waals surface area contributed by atoms with Gasteiger partial charge in [-0.25, -0.2) is 18.4 Å². The molecule has 2 heterocycles. The highest BCUT2D eigenvalue weighted by Crippen LogP contribution is 2.23. The van der Waals surface area contributed by atoms with Gasteiger partial charge in [-0.05, 0) is 12.0 Å². The first-order valence-corrected chi connectivity index (χ1v) is 8.05. The van der Waals surface area contributed by atoms with E-state index in [1.54, 1.807) is 6.20 Å². The van der Waals surface area contributed by atoms with Gasteiger partial charge < -0.3 is 0 Å². The second kappa shape index (κ2) is 5.30. The van der Waals surface area contributed by atoms with Gasteiger partial charge in [-0.15, -0.1) is 0 Å². The van der Waals surface area contributed by atoms with Gasteiger partial charge in [-0.1, -0.05) is 30.3 Å². The Labute approximate surface area is 118 Å². The van der Waals surface area contributed by atoms with Crippen LogP contribution in [0.3, 0.4) is 0 Å². The minimum atomic E-state index is -3.26. The van der Waals surface area contributed by atoms with E-state index in [0.717, 1.165) is 16.8 Å². The van der Waals surface area contributed by atoms with Crippen molar-refractivity contribution >= 4 is 10.0 Å². The van der Waals surface area contributed by atoms with Crippen molar-refractivity contribution in [2.24, 2.45) is 0 Å². The van der Waals surface area contributed by atoms with Crippen LogP contribution >= 0.6 is 0 Å². The zero-order chi connectivity index (χ0) is 14.0. The maximum atomic E-state index is 12.4. The summed E-state index contributed by atoms with van der Waals surface area (Å²) in [5, 5.41) is 0. The summed E-state index contributed by atoms with van der Waals surface area (Å²) in [6, 6.07) is 9.65. The number of nitrogens with zero attached hydrogens (tertiary/aromatic N) is 3. The van der Waals surface area contributed by atoms with Crippen LogP contribution in [0, 0.1) is 0 Å². The number of hydrogen-bond donors (Lipinski definition) is 0. The maximum absolute atomic E-state index is 12.4. The molecule has 0 fully saturated rings. The van der Waals surface area contributed by atoms with Crippen molar-refractivity contribution in [3.8, 4) is 0 Å². The molecule has 1 aromatic heterocycles. The maximum Gasteiger partial charge on any atom is 0.215 e. The summed E-state index contributed by atoms with van der Waals surface area (Å²) < 4.78 is 26.2. The van der Waals surface area contributed by atoms with E-state index in [9.17, 15) is 8.42 Å². The molecule has 0 N–H and O–H groups in total. The lowest BCUT2D eigenvalue weighted by Gasteiger charge is -2.15. The third-order valence-electron chi connectivity index (χ3n) is 3.44. The van der Waals surface area contributed by atoms with Gasteiger partial charge in [0, 0.05) is 18.3 Å². The first kappa shape index (κ1) is 13.2. The largest absolute Gasteiger partial charge is 0.244 e. The van der Waals surface area contributed by atoms with Crippen LogP contribution in [-0.2, 0) is 29.5 Å². The molecule has 0 aliphatic carbocycles. The first-order valence-electron chi connectivity index (χ1n) is 6.45. The van der Waals surface area contributed by atoms with E-state index in [0.29, 0.717) is 19.5 Å². The number of aryl methyl sites for hydroxylation is 1. The van der Waals surface area contributed by atoms with Crippen molar-refractivity contribution in [1.82, 2.24) is 14.3 Å². The second-order valence-electron chi connectivity index (χ2n) is 4.81. The fourth-order valence-electron chi connectivity index (χ4n) is 2.29. The van der Waals surface area contributed by atoms with E-state index in [-0.39, 0.29) is 5.75 Å². The van der Waals surface area contributed by atoms with Gasteiger partial charge in [0.25, 0.3) is 0 Å². The van der Waals surface area contributed by atoms with Crippen molar-refractivity contribution in [1.29, 1.82) is 0 Å². The van der Waals surface area contributed by atoms with E-state index in [2.05, 4.69) is 9.97 Å².